The third-order valence-electron chi connectivity index (χ3n) is 10.0. The van der Waals surface area contributed by atoms with E-state index in [9.17, 15) is 19.1 Å². The van der Waals surface area contributed by atoms with Gasteiger partial charge in [-0.25, -0.2) is 4.39 Å². The predicted octanol–water partition coefficient (Wildman–Crippen LogP) is 6.94. The van der Waals surface area contributed by atoms with Gasteiger partial charge in [0, 0.05) is 56.1 Å². The maximum Gasteiger partial charge on any atom is 0.254 e. The summed E-state index contributed by atoms with van der Waals surface area (Å²) >= 11 is 0. The molecule has 2 aliphatic rings. The monoisotopic (exact) mass is 648 g/mol. The fourth-order valence-corrected chi connectivity index (χ4v) is 7.05. The zero-order chi connectivity index (χ0) is 34.1. The molecule has 8 nitrogen and oxygen atoms in total. The number of amides is 1. The van der Waals surface area contributed by atoms with Gasteiger partial charge in [0.2, 0.25) is 5.91 Å². The molecule has 0 radical (unpaired) electrons. The molecule has 1 amide bonds. The molecule has 0 bridgehead atoms. The average molecular weight is 649 g/mol. The second-order valence-corrected chi connectivity index (χ2v) is 14.2. The number of carbonyl (C=O) groups is 1. The van der Waals surface area contributed by atoms with Gasteiger partial charge in [0.1, 0.15) is 23.1 Å². The molecule has 3 aromatic rings. The van der Waals surface area contributed by atoms with Crippen LogP contribution in [0, 0.1) is 36.9 Å². The zero-order valence-corrected chi connectivity index (χ0v) is 28.7. The molecule has 254 valence electrons. The predicted molar refractivity (Wildman–Crippen MR) is 180 cm³/mol. The normalized spacial score (nSPS) is 22.5. The number of pyridine rings is 1. The van der Waals surface area contributed by atoms with Gasteiger partial charge in [-0.2, -0.15) is 0 Å². The summed E-state index contributed by atoms with van der Waals surface area (Å²) in [6.07, 6.45) is 6.91. The molecule has 1 aromatic heterocycles. The molecule has 0 aliphatic heterocycles. The number of carbonyl (C=O) groups excluding carboxylic acids is 1. The van der Waals surface area contributed by atoms with Crippen molar-refractivity contribution in [3.63, 3.8) is 0 Å². The molecule has 2 fully saturated rings. The Hall–Kier alpha value is -3.69. The number of nitrogens with one attached hydrogen (secondary N) is 1. The van der Waals surface area contributed by atoms with Crippen LogP contribution in [0.1, 0.15) is 76.0 Å². The molecule has 2 saturated carbocycles. The van der Waals surface area contributed by atoms with Crippen molar-refractivity contribution in [1.29, 1.82) is 0 Å². The molecule has 2 atom stereocenters. The molecule has 9 heteroatoms. The van der Waals surface area contributed by atoms with Gasteiger partial charge in [0.15, 0.2) is 0 Å². The molecule has 5 rings (SSSR count). The van der Waals surface area contributed by atoms with Crippen molar-refractivity contribution >= 4 is 5.91 Å². The van der Waals surface area contributed by atoms with Crippen LogP contribution in [0.2, 0.25) is 0 Å². The lowest BCUT2D eigenvalue weighted by Gasteiger charge is -2.31. The lowest BCUT2D eigenvalue weighted by atomic mass is 9.81. The van der Waals surface area contributed by atoms with Crippen molar-refractivity contribution in [3.8, 4) is 28.4 Å². The van der Waals surface area contributed by atoms with Gasteiger partial charge in [-0.15, -0.1) is 0 Å². The van der Waals surface area contributed by atoms with Gasteiger partial charge < -0.3 is 29.2 Å². The van der Waals surface area contributed by atoms with Crippen LogP contribution >= 0.6 is 0 Å². The molecular formula is C38H49FN2O6. The summed E-state index contributed by atoms with van der Waals surface area (Å²) in [5.74, 6) is 2.13. The zero-order valence-electron chi connectivity index (χ0n) is 28.7. The van der Waals surface area contributed by atoms with Crippen molar-refractivity contribution in [2.24, 2.45) is 24.3 Å². The Labute approximate surface area is 277 Å². The Morgan fingerprint density at radius 3 is 2.38 bits per heavy atom. The van der Waals surface area contributed by atoms with Crippen LogP contribution in [0.3, 0.4) is 0 Å². The Balaban J connectivity index is 1.37. The number of aromatic nitrogens is 1. The van der Waals surface area contributed by atoms with Crippen LogP contribution in [-0.4, -0.2) is 41.9 Å². The number of hydrogen-bond acceptors (Lipinski definition) is 6. The van der Waals surface area contributed by atoms with Crippen molar-refractivity contribution in [1.82, 2.24) is 9.88 Å². The minimum Gasteiger partial charge on any atom is -0.490 e. The highest BCUT2D eigenvalue weighted by Gasteiger charge is 2.58. The summed E-state index contributed by atoms with van der Waals surface area (Å²) < 4.78 is 33.8. The van der Waals surface area contributed by atoms with Gasteiger partial charge in [-0.3, -0.25) is 9.59 Å². The van der Waals surface area contributed by atoms with Gasteiger partial charge in [0.25, 0.3) is 5.56 Å². The summed E-state index contributed by atoms with van der Waals surface area (Å²) in [6, 6.07) is 9.85. The van der Waals surface area contributed by atoms with E-state index in [2.05, 4.69) is 12.2 Å². The van der Waals surface area contributed by atoms with Crippen LogP contribution in [0.25, 0.3) is 11.1 Å². The van der Waals surface area contributed by atoms with Gasteiger partial charge in [-0.1, -0.05) is 13.0 Å². The number of rotatable bonds is 12. The lowest BCUT2D eigenvalue weighted by molar-refractivity contribution is -0.126. The first kappa shape index (κ1) is 34.6. The fraction of sp³-hybridized carbons (Fsp3) is 0.526. The summed E-state index contributed by atoms with van der Waals surface area (Å²) in [7, 11) is 3.35. The van der Waals surface area contributed by atoms with E-state index in [0.29, 0.717) is 70.1 Å². The van der Waals surface area contributed by atoms with Crippen LogP contribution in [-0.2, 0) is 22.2 Å². The lowest BCUT2D eigenvalue weighted by Crippen LogP contribution is -2.34. The molecule has 2 aliphatic carbocycles. The highest BCUT2D eigenvalue weighted by atomic mass is 19.1. The Morgan fingerprint density at radius 2 is 1.74 bits per heavy atom. The summed E-state index contributed by atoms with van der Waals surface area (Å²) in [4.78, 5) is 25.8. The average Bonchev–Trinajstić information content (AvgIpc) is 3.71. The first-order valence-electron chi connectivity index (χ1n) is 16.7. The van der Waals surface area contributed by atoms with Crippen LogP contribution in [0.4, 0.5) is 4.39 Å². The van der Waals surface area contributed by atoms with Crippen LogP contribution in [0.15, 0.2) is 47.4 Å². The van der Waals surface area contributed by atoms with Crippen molar-refractivity contribution in [2.45, 2.75) is 84.8 Å². The van der Waals surface area contributed by atoms with E-state index >= 15 is 0 Å². The number of methoxy groups -OCH3 is 1. The van der Waals surface area contributed by atoms with Crippen molar-refractivity contribution in [3.05, 3.63) is 75.5 Å². The molecular weight excluding hydrogens is 599 g/mol. The van der Waals surface area contributed by atoms with E-state index < -0.39 is 5.60 Å². The molecule has 47 heavy (non-hydrogen) atoms. The first-order valence-corrected chi connectivity index (χ1v) is 16.7. The van der Waals surface area contributed by atoms with E-state index in [4.69, 9.17) is 14.2 Å². The third-order valence-corrected chi connectivity index (χ3v) is 10.0. The van der Waals surface area contributed by atoms with Crippen molar-refractivity contribution < 1.29 is 28.5 Å². The molecule has 0 saturated heterocycles. The maximum atomic E-state index is 14.1. The smallest absolute Gasteiger partial charge is 0.254 e. The first-order chi connectivity index (χ1) is 22.2. The molecule has 2 unspecified atom stereocenters. The second-order valence-electron chi connectivity index (χ2n) is 14.2. The van der Waals surface area contributed by atoms with Gasteiger partial charge in [0.05, 0.1) is 11.7 Å². The SMILES string of the molecule is COCCCNC(=O)C1(C)CC1C1CCC(Oc2cc(=O)n(C)cc2-c2cc(C(C)(C)O)ccc2Oc2c(C)cc(F)cc2C)CC1. The highest BCUT2D eigenvalue weighted by molar-refractivity contribution is 5.85. The molecule has 2 aromatic carbocycles. The third kappa shape index (κ3) is 7.73. The molecule has 0 spiro atoms. The van der Waals surface area contributed by atoms with Crippen LogP contribution < -0.4 is 20.3 Å². The number of benzene rings is 2. The standard InChI is InChI=1S/C38H49FN2O6/c1-23-17-27(39)18-24(2)35(23)47-32-14-11-26(37(3,4)44)19-29(32)30-22-41(6)34(42)20-33(30)46-28-12-9-25(10-13-28)31-21-38(31,5)36(43)40-15-8-16-45-7/h11,14,17-20,22,25,28,31,44H,8-10,12-13,15-16,21H2,1-7H3,(H,40,43). The highest BCUT2D eigenvalue weighted by Crippen LogP contribution is 2.59. The Morgan fingerprint density at radius 1 is 1.06 bits per heavy atom. The second kappa shape index (κ2) is 13.8. The van der Waals surface area contributed by atoms with E-state index in [1.54, 1.807) is 54.1 Å². The topological polar surface area (TPSA) is 99.0 Å². The fourth-order valence-electron chi connectivity index (χ4n) is 7.05. The number of hydrogen-bond donors (Lipinski definition) is 2. The van der Waals surface area contributed by atoms with E-state index in [0.717, 1.165) is 38.5 Å². The van der Waals surface area contributed by atoms with Crippen molar-refractivity contribution in [2.75, 3.05) is 20.3 Å². The molecule has 2 N–H and O–H groups in total. The van der Waals surface area contributed by atoms with E-state index in [-0.39, 0.29) is 28.8 Å². The Kier molecular flexibility index (Phi) is 10.2. The summed E-state index contributed by atoms with van der Waals surface area (Å²) in [6.45, 7) is 10.4. The van der Waals surface area contributed by atoms with Gasteiger partial charge >= 0.3 is 0 Å². The quantitative estimate of drug-likeness (QED) is 0.207. The molecule has 1 heterocycles. The number of aryl methyl sites for hydroxylation is 3. The van der Waals surface area contributed by atoms with E-state index in [1.807, 2.05) is 12.1 Å². The number of aliphatic hydroxyl groups is 1. The van der Waals surface area contributed by atoms with E-state index in [1.165, 1.54) is 22.8 Å². The number of nitrogens with zero attached hydrogens (tertiary/aromatic N) is 1. The maximum absolute atomic E-state index is 14.1. The largest absolute Gasteiger partial charge is 0.490 e. The van der Waals surface area contributed by atoms with Gasteiger partial charge in [-0.05, 0) is 119 Å². The Bertz CT molecular complexity index is 1650. The number of halogens is 1. The summed E-state index contributed by atoms with van der Waals surface area (Å²) in [5.41, 5.74) is 1.65. The number of ether oxygens (including phenoxy) is 3. The minimum atomic E-state index is -1.13. The summed E-state index contributed by atoms with van der Waals surface area (Å²) in [5, 5.41) is 14.0. The van der Waals surface area contributed by atoms with Crippen LogP contribution in [0.5, 0.6) is 17.2 Å². The minimum absolute atomic E-state index is 0.0894.